The first-order chi connectivity index (χ1) is 15.4. The number of halogens is 2. The Morgan fingerprint density at radius 2 is 2.28 bits per heavy atom. The van der Waals surface area contributed by atoms with Gasteiger partial charge in [-0.15, -0.1) is 0 Å². The molecule has 0 fully saturated rings. The Morgan fingerprint density at radius 1 is 1.45 bits per heavy atom. The number of fused-ring (bicyclic) bond motifs is 1. The van der Waals surface area contributed by atoms with E-state index in [1.54, 1.807) is 11.5 Å². The van der Waals surface area contributed by atoms with Gasteiger partial charge in [0.2, 0.25) is 5.95 Å². The van der Waals surface area contributed by atoms with E-state index in [1.807, 2.05) is 6.92 Å². The van der Waals surface area contributed by atoms with E-state index in [1.165, 1.54) is 18.5 Å². The van der Waals surface area contributed by atoms with Crippen LogP contribution in [0, 0.1) is 0 Å². The quantitative estimate of drug-likeness (QED) is 0.417. The standard InChI is InChI=1S/C19H24Cl2N6O2/c1-3-29-12(2)9-22-6-7-27-11-24-17-16(27)18(28)26-19(25-17)23-10-13-4-5-14(20)15(21)8-13/h4-5,8,11-12,22H,3,6-7,9-10H2,1-2H3,(H2,23,25,26,28)/i8D,10D2,12D. The van der Waals surface area contributed by atoms with Crippen LogP contribution in [0.5, 0.6) is 0 Å². The molecular formula is C19H24Cl2N6O2. The summed E-state index contributed by atoms with van der Waals surface area (Å²) in [5.41, 5.74) is -0.200. The van der Waals surface area contributed by atoms with Gasteiger partial charge in [-0.3, -0.25) is 9.78 Å². The lowest BCUT2D eigenvalue weighted by molar-refractivity contribution is 0.0761. The minimum absolute atomic E-state index is 0.0651. The molecule has 0 radical (unpaired) electrons. The van der Waals surface area contributed by atoms with Crippen LogP contribution >= 0.6 is 23.2 Å². The second-order valence-electron chi connectivity index (χ2n) is 6.12. The molecule has 3 aromatic rings. The molecule has 156 valence electrons. The molecule has 0 amide bonds. The Bertz CT molecular complexity index is 1200. The minimum Gasteiger partial charge on any atom is -0.377 e. The van der Waals surface area contributed by atoms with Crippen molar-refractivity contribution < 1.29 is 10.2 Å². The molecule has 8 nitrogen and oxygen atoms in total. The maximum absolute atomic E-state index is 12.7. The van der Waals surface area contributed by atoms with Gasteiger partial charge in [-0.1, -0.05) is 29.3 Å². The zero-order chi connectivity index (χ0) is 24.4. The van der Waals surface area contributed by atoms with Gasteiger partial charge < -0.3 is 19.9 Å². The summed E-state index contributed by atoms with van der Waals surface area (Å²) in [6.45, 7) is 2.86. The van der Waals surface area contributed by atoms with Crippen LogP contribution in [0.2, 0.25) is 10.0 Å². The largest absolute Gasteiger partial charge is 0.377 e. The van der Waals surface area contributed by atoms with Gasteiger partial charge in [-0.05, 0) is 31.5 Å². The molecule has 0 bridgehead atoms. The fraction of sp³-hybridized carbons (Fsp3) is 0.421. The van der Waals surface area contributed by atoms with Crippen molar-refractivity contribution in [1.82, 2.24) is 24.8 Å². The number of anilines is 1. The predicted octanol–water partition coefficient (Wildman–Crippen LogP) is 3.05. The summed E-state index contributed by atoms with van der Waals surface area (Å²) in [7, 11) is 0. The summed E-state index contributed by atoms with van der Waals surface area (Å²) >= 11 is 11.8. The first-order valence-electron chi connectivity index (χ1n) is 11.0. The summed E-state index contributed by atoms with van der Waals surface area (Å²) in [6, 6.07) is 2.47. The molecule has 2 heterocycles. The molecule has 29 heavy (non-hydrogen) atoms. The molecule has 1 atom stereocenters. The first-order valence-corrected chi connectivity index (χ1v) is 9.74. The van der Waals surface area contributed by atoms with Crippen molar-refractivity contribution in [2.24, 2.45) is 0 Å². The van der Waals surface area contributed by atoms with Crippen LogP contribution in [0.4, 0.5) is 5.95 Å². The lowest BCUT2D eigenvalue weighted by Gasteiger charge is -2.12. The second-order valence-corrected chi connectivity index (χ2v) is 6.91. The number of hydrogen-bond acceptors (Lipinski definition) is 6. The Hall–Kier alpha value is -2.13. The molecule has 3 rings (SSSR count). The van der Waals surface area contributed by atoms with E-state index in [4.69, 9.17) is 33.4 Å². The molecule has 0 aliphatic carbocycles. The van der Waals surface area contributed by atoms with Crippen molar-refractivity contribution in [3.05, 3.63) is 50.5 Å². The van der Waals surface area contributed by atoms with Crippen LogP contribution < -0.4 is 16.2 Å². The van der Waals surface area contributed by atoms with Gasteiger partial charge in [0.15, 0.2) is 11.2 Å². The number of rotatable bonds is 10. The number of imidazole rings is 1. The molecule has 1 aromatic carbocycles. The van der Waals surface area contributed by atoms with Gasteiger partial charge in [0.25, 0.3) is 5.56 Å². The van der Waals surface area contributed by atoms with E-state index in [2.05, 4.69) is 25.6 Å². The monoisotopic (exact) mass is 442 g/mol. The number of benzene rings is 1. The number of hydrogen-bond donors (Lipinski definition) is 3. The molecule has 2 aromatic heterocycles. The van der Waals surface area contributed by atoms with E-state index in [-0.39, 0.29) is 38.8 Å². The fourth-order valence-electron chi connectivity index (χ4n) is 2.62. The van der Waals surface area contributed by atoms with Crippen molar-refractivity contribution in [1.29, 1.82) is 0 Å². The van der Waals surface area contributed by atoms with Crippen molar-refractivity contribution in [2.45, 2.75) is 33.0 Å². The highest BCUT2D eigenvalue weighted by atomic mass is 35.5. The second kappa shape index (κ2) is 10.1. The van der Waals surface area contributed by atoms with E-state index >= 15 is 0 Å². The van der Waals surface area contributed by atoms with Gasteiger partial charge in [0.1, 0.15) is 0 Å². The maximum atomic E-state index is 12.7. The van der Waals surface area contributed by atoms with Crippen LogP contribution in [-0.4, -0.2) is 45.3 Å². The summed E-state index contributed by atoms with van der Waals surface area (Å²) < 4.78 is 39.6. The average Bonchev–Trinajstić information content (AvgIpc) is 3.12. The van der Waals surface area contributed by atoms with Crippen molar-refractivity contribution in [3.63, 3.8) is 0 Å². The molecule has 3 N–H and O–H groups in total. The molecule has 10 heteroatoms. The van der Waals surface area contributed by atoms with Gasteiger partial charge in [-0.2, -0.15) is 4.98 Å². The molecule has 0 aliphatic rings. The van der Waals surface area contributed by atoms with Crippen LogP contribution in [0.25, 0.3) is 11.2 Å². The van der Waals surface area contributed by atoms with Crippen LogP contribution in [0.3, 0.4) is 0 Å². The number of aromatic nitrogens is 4. The Labute approximate surface area is 184 Å². The normalized spacial score (nSPS) is 16.0. The van der Waals surface area contributed by atoms with Gasteiger partial charge in [-0.25, -0.2) is 4.98 Å². The van der Waals surface area contributed by atoms with Gasteiger partial charge in [0.05, 0.1) is 27.9 Å². The van der Waals surface area contributed by atoms with Crippen LogP contribution in [0.1, 0.15) is 24.9 Å². The topological polar surface area (TPSA) is 96.9 Å². The third-order valence-corrected chi connectivity index (χ3v) is 4.65. The van der Waals surface area contributed by atoms with Gasteiger partial charge in [0, 0.05) is 32.7 Å². The van der Waals surface area contributed by atoms with E-state index < -0.39 is 18.1 Å². The molecule has 1 unspecified atom stereocenters. The number of H-pyrrole nitrogens is 1. The minimum atomic E-state index is -2.27. The van der Waals surface area contributed by atoms with Crippen molar-refractivity contribution >= 4 is 40.3 Å². The third-order valence-electron chi connectivity index (χ3n) is 3.94. The maximum Gasteiger partial charge on any atom is 0.278 e. The number of nitrogens with one attached hydrogen (secondary N) is 3. The van der Waals surface area contributed by atoms with Crippen LogP contribution in [0.15, 0.2) is 29.3 Å². The number of nitrogens with zero attached hydrogens (tertiary/aromatic N) is 3. The average molecular weight is 443 g/mol. The van der Waals surface area contributed by atoms with Crippen LogP contribution in [-0.2, 0) is 17.8 Å². The zero-order valence-electron chi connectivity index (χ0n) is 20.0. The molecule has 0 saturated heterocycles. The summed E-state index contributed by atoms with van der Waals surface area (Å²) in [4.78, 5) is 23.5. The van der Waals surface area contributed by atoms with Gasteiger partial charge >= 0.3 is 0 Å². The summed E-state index contributed by atoms with van der Waals surface area (Å²) in [6.07, 6.45) is 0.425. The highest BCUT2D eigenvalue weighted by molar-refractivity contribution is 6.42. The smallest absolute Gasteiger partial charge is 0.278 e. The molecule has 0 saturated carbocycles. The number of aromatic amines is 1. The van der Waals surface area contributed by atoms with E-state index in [0.29, 0.717) is 26.2 Å². The highest BCUT2D eigenvalue weighted by Crippen LogP contribution is 2.22. The van der Waals surface area contributed by atoms with Crippen molar-refractivity contribution in [2.75, 3.05) is 25.0 Å². The Balaban J connectivity index is 1.76. The SMILES string of the molecule is [2H]c1c(C([2H])([2H])Nc2nc3ncn(CCNCC([2H])(C)OCC)c3c(=O)[nH]2)ccc(Cl)c1Cl. The third kappa shape index (κ3) is 5.70. The zero-order valence-corrected chi connectivity index (χ0v) is 17.5. The predicted molar refractivity (Wildman–Crippen MR) is 116 cm³/mol. The number of ether oxygens (including phenoxy) is 1. The Morgan fingerprint density at radius 3 is 3.07 bits per heavy atom. The molecule has 0 spiro atoms. The first kappa shape index (κ1) is 16.6. The summed E-state index contributed by atoms with van der Waals surface area (Å²) in [5, 5.41) is 5.67. The molecular weight excluding hydrogens is 415 g/mol. The van der Waals surface area contributed by atoms with Crippen molar-refractivity contribution in [3.8, 4) is 0 Å². The fourth-order valence-corrected chi connectivity index (χ4v) is 2.90. The highest BCUT2D eigenvalue weighted by Gasteiger charge is 2.11. The van der Waals surface area contributed by atoms with E-state index in [0.717, 1.165) is 0 Å². The Kier molecular flexibility index (Phi) is 5.78. The lowest BCUT2D eigenvalue weighted by Crippen LogP contribution is -2.29. The molecule has 0 aliphatic heterocycles. The lowest BCUT2D eigenvalue weighted by atomic mass is 10.2. The van der Waals surface area contributed by atoms with E-state index in [9.17, 15) is 4.79 Å². The summed E-state index contributed by atoms with van der Waals surface area (Å²) in [5.74, 6) is -0.145.